The average molecular weight is 484 g/mol. The predicted molar refractivity (Wildman–Crippen MR) is 131 cm³/mol. The summed E-state index contributed by atoms with van der Waals surface area (Å²) in [5.41, 5.74) is 3.21. The molecule has 0 bridgehead atoms. The Bertz CT molecular complexity index is 1230. The van der Waals surface area contributed by atoms with Crippen LogP contribution in [0.4, 0.5) is 10.1 Å². The molecule has 0 radical (unpaired) electrons. The number of carbonyl (C=O) groups excluding carboxylic acids is 4. The van der Waals surface area contributed by atoms with Gasteiger partial charge in [-0.1, -0.05) is 0 Å². The van der Waals surface area contributed by atoms with Crippen molar-refractivity contribution in [1.29, 1.82) is 0 Å². The molecule has 4 amide bonds. The van der Waals surface area contributed by atoms with Gasteiger partial charge in [0, 0.05) is 57.3 Å². The van der Waals surface area contributed by atoms with Crippen LogP contribution in [0.3, 0.4) is 0 Å². The van der Waals surface area contributed by atoms with E-state index < -0.39 is 17.8 Å². The Labute approximate surface area is 203 Å². The summed E-state index contributed by atoms with van der Waals surface area (Å²) in [7, 11) is 6.42. The molecule has 2 heterocycles. The highest BCUT2D eigenvalue weighted by atomic mass is 19.1. The van der Waals surface area contributed by atoms with E-state index in [9.17, 15) is 23.6 Å². The Morgan fingerprint density at radius 3 is 2.43 bits per heavy atom. The first kappa shape index (κ1) is 25.7. The van der Waals surface area contributed by atoms with Gasteiger partial charge in [0.2, 0.25) is 11.8 Å². The van der Waals surface area contributed by atoms with Gasteiger partial charge in [0.15, 0.2) is 0 Å². The Morgan fingerprint density at radius 1 is 1.11 bits per heavy atom. The fourth-order valence-electron chi connectivity index (χ4n) is 4.00. The quantitative estimate of drug-likeness (QED) is 0.525. The second kappa shape index (κ2) is 10.1. The zero-order chi connectivity index (χ0) is 26.0. The summed E-state index contributed by atoms with van der Waals surface area (Å²) in [4.78, 5) is 56.3. The van der Waals surface area contributed by atoms with Crippen LogP contribution in [0.1, 0.15) is 45.7 Å². The molecule has 10 heteroatoms. The van der Waals surface area contributed by atoms with E-state index in [2.05, 4.69) is 15.6 Å². The second-order valence-corrected chi connectivity index (χ2v) is 8.95. The number of anilines is 1. The lowest BCUT2D eigenvalue weighted by molar-refractivity contribution is -0.132. The van der Waals surface area contributed by atoms with Crippen LogP contribution in [-0.4, -0.2) is 72.6 Å². The molecule has 3 rings (SSSR count). The SMILES string of the molecule is Cc1[nH]c(/C=C2\C(=O)Nc3ccc(F)cc32)c(C)c1C(=O)NC(CCC(=O)N(C)C)C(=O)N(C)C. The van der Waals surface area contributed by atoms with Gasteiger partial charge in [-0.05, 0) is 50.1 Å². The molecule has 1 atom stereocenters. The molecule has 0 saturated carbocycles. The van der Waals surface area contributed by atoms with Crippen molar-refractivity contribution in [2.75, 3.05) is 33.5 Å². The number of likely N-dealkylation sites (N-methyl/N-ethyl adjacent to an activating group) is 1. The molecule has 1 aromatic heterocycles. The van der Waals surface area contributed by atoms with Crippen molar-refractivity contribution in [3.8, 4) is 0 Å². The number of rotatable bonds is 7. The summed E-state index contributed by atoms with van der Waals surface area (Å²) < 4.78 is 13.8. The lowest BCUT2D eigenvalue weighted by Gasteiger charge is -2.22. The zero-order valence-electron chi connectivity index (χ0n) is 20.7. The summed E-state index contributed by atoms with van der Waals surface area (Å²) in [5.74, 6) is -1.77. The van der Waals surface area contributed by atoms with Crippen molar-refractivity contribution >= 4 is 41.0 Å². The van der Waals surface area contributed by atoms with E-state index >= 15 is 0 Å². The summed E-state index contributed by atoms with van der Waals surface area (Å²) in [6.45, 7) is 3.44. The third-order valence-corrected chi connectivity index (χ3v) is 5.95. The lowest BCUT2D eigenvalue weighted by atomic mass is 10.0. The predicted octanol–water partition coefficient (Wildman–Crippen LogP) is 2.32. The van der Waals surface area contributed by atoms with E-state index in [4.69, 9.17) is 0 Å². The summed E-state index contributed by atoms with van der Waals surface area (Å²) in [6.07, 6.45) is 1.84. The summed E-state index contributed by atoms with van der Waals surface area (Å²) >= 11 is 0. The van der Waals surface area contributed by atoms with Crippen molar-refractivity contribution in [1.82, 2.24) is 20.1 Å². The first-order chi connectivity index (χ1) is 16.4. The van der Waals surface area contributed by atoms with E-state index in [0.717, 1.165) is 0 Å². The van der Waals surface area contributed by atoms with Crippen LogP contribution in [0.15, 0.2) is 18.2 Å². The van der Waals surface area contributed by atoms with E-state index in [0.29, 0.717) is 33.8 Å². The van der Waals surface area contributed by atoms with Gasteiger partial charge in [-0.2, -0.15) is 0 Å². The highest BCUT2D eigenvalue weighted by molar-refractivity contribution is 6.34. The van der Waals surface area contributed by atoms with E-state index in [1.54, 1.807) is 48.1 Å². The monoisotopic (exact) mass is 483 g/mol. The van der Waals surface area contributed by atoms with E-state index in [-0.39, 0.29) is 36.1 Å². The Hall–Kier alpha value is -3.95. The number of hydrogen-bond acceptors (Lipinski definition) is 4. The minimum absolute atomic E-state index is 0.102. The number of halogens is 1. The largest absolute Gasteiger partial charge is 0.358 e. The van der Waals surface area contributed by atoms with Gasteiger partial charge in [-0.15, -0.1) is 0 Å². The number of carbonyl (C=O) groups is 4. The molecule has 9 nitrogen and oxygen atoms in total. The molecule has 3 N–H and O–H groups in total. The Morgan fingerprint density at radius 2 is 1.80 bits per heavy atom. The molecule has 186 valence electrons. The molecule has 0 saturated heterocycles. The normalized spacial score (nSPS) is 14.4. The van der Waals surface area contributed by atoms with E-state index in [1.165, 1.54) is 28.0 Å². The van der Waals surface area contributed by atoms with Crippen LogP contribution in [0, 0.1) is 19.7 Å². The number of aromatic nitrogens is 1. The fraction of sp³-hybridized carbons (Fsp3) is 0.360. The molecule has 2 aromatic rings. The molecule has 0 aliphatic carbocycles. The smallest absolute Gasteiger partial charge is 0.256 e. The maximum atomic E-state index is 13.8. The Balaban J connectivity index is 1.89. The molecule has 1 aliphatic heterocycles. The Kier molecular flexibility index (Phi) is 7.42. The van der Waals surface area contributed by atoms with Crippen molar-refractivity contribution in [2.24, 2.45) is 0 Å². The van der Waals surface area contributed by atoms with Crippen molar-refractivity contribution in [2.45, 2.75) is 32.7 Å². The molecular formula is C25H30FN5O4. The number of hydrogen-bond donors (Lipinski definition) is 3. The van der Waals surface area contributed by atoms with Crippen LogP contribution < -0.4 is 10.6 Å². The van der Waals surface area contributed by atoms with Crippen molar-refractivity contribution in [3.63, 3.8) is 0 Å². The third kappa shape index (κ3) is 5.42. The molecule has 1 aromatic carbocycles. The number of benzene rings is 1. The molecular weight excluding hydrogens is 453 g/mol. The van der Waals surface area contributed by atoms with Crippen LogP contribution in [0.25, 0.3) is 11.6 Å². The third-order valence-electron chi connectivity index (χ3n) is 5.95. The molecule has 1 aliphatic rings. The van der Waals surface area contributed by atoms with Gasteiger partial charge in [-0.3, -0.25) is 19.2 Å². The molecule has 35 heavy (non-hydrogen) atoms. The average Bonchev–Trinajstić information content (AvgIpc) is 3.24. The summed E-state index contributed by atoms with van der Waals surface area (Å²) in [6, 6.07) is 3.17. The highest BCUT2D eigenvalue weighted by Gasteiger charge is 2.28. The standard InChI is InChI=1S/C25H30FN5O4/c1-13-20(12-17-16-11-15(26)7-8-18(16)28-23(17)33)27-14(2)22(13)24(34)29-19(25(35)31(5)6)9-10-21(32)30(3)4/h7-8,11-12,19,27H,9-10H2,1-6H3,(H,28,33)(H,29,34)/b17-12-. The highest BCUT2D eigenvalue weighted by Crippen LogP contribution is 2.34. The van der Waals surface area contributed by atoms with Gasteiger partial charge < -0.3 is 25.4 Å². The lowest BCUT2D eigenvalue weighted by Crippen LogP contribution is -2.47. The summed E-state index contributed by atoms with van der Waals surface area (Å²) in [5, 5.41) is 5.46. The number of nitrogens with zero attached hydrogens (tertiary/aromatic N) is 2. The topological polar surface area (TPSA) is 115 Å². The van der Waals surface area contributed by atoms with Gasteiger partial charge in [0.05, 0.1) is 11.1 Å². The minimum atomic E-state index is -0.882. The molecule has 1 unspecified atom stereocenters. The second-order valence-electron chi connectivity index (χ2n) is 8.95. The first-order valence-corrected chi connectivity index (χ1v) is 11.1. The van der Waals surface area contributed by atoms with Crippen LogP contribution >= 0.6 is 0 Å². The molecule has 0 spiro atoms. The number of aromatic amines is 1. The number of amides is 4. The number of H-pyrrole nitrogens is 1. The first-order valence-electron chi connectivity index (χ1n) is 11.1. The van der Waals surface area contributed by atoms with Crippen molar-refractivity contribution < 1.29 is 23.6 Å². The van der Waals surface area contributed by atoms with Gasteiger partial charge in [0.1, 0.15) is 11.9 Å². The number of fused-ring (bicyclic) bond motifs is 1. The van der Waals surface area contributed by atoms with Gasteiger partial charge >= 0.3 is 0 Å². The van der Waals surface area contributed by atoms with Crippen LogP contribution in [0.5, 0.6) is 0 Å². The van der Waals surface area contributed by atoms with Gasteiger partial charge in [0.25, 0.3) is 11.8 Å². The molecule has 0 fully saturated rings. The van der Waals surface area contributed by atoms with Crippen LogP contribution in [-0.2, 0) is 14.4 Å². The number of nitrogens with one attached hydrogen (secondary N) is 3. The minimum Gasteiger partial charge on any atom is -0.358 e. The van der Waals surface area contributed by atoms with Gasteiger partial charge in [-0.25, -0.2) is 4.39 Å². The fourth-order valence-corrected chi connectivity index (χ4v) is 4.00. The zero-order valence-corrected chi connectivity index (χ0v) is 20.7. The maximum Gasteiger partial charge on any atom is 0.256 e. The van der Waals surface area contributed by atoms with Crippen LogP contribution in [0.2, 0.25) is 0 Å². The van der Waals surface area contributed by atoms with Crippen molar-refractivity contribution in [3.05, 3.63) is 52.1 Å². The number of aryl methyl sites for hydroxylation is 1. The maximum absolute atomic E-state index is 13.8. The van der Waals surface area contributed by atoms with E-state index in [1.807, 2.05) is 0 Å².